The Labute approximate surface area is 71.0 Å². The van der Waals surface area contributed by atoms with Crippen molar-refractivity contribution in [3.8, 4) is 0 Å². The molecule has 0 aliphatic carbocycles. The summed E-state index contributed by atoms with van der Waals surface area (Å²) in [5.74, 6) is 0. The van der Waals surface area contributed by atoms with Gasteiger partial charge in [0.05, 0.1) is 13.2 Å². The Hall–Kier alpha value is -0.740. The van der Waals surface area contributed by atoms with E-state index < -0.39 is 0 Å². The zero-order valence-electron chi connectivity index (χ0n) is 6.77. The highest BCUT2D eigenvalue weighted by Gasteiger charge is 2.23. The fourth-order valence-electron chi connectivity index (χ4n) is 0.733. The lowest BCUT2D eigenvalue weighted by molar-refractivity contribution is 0.176. The van der Waals surface area contributed by atoms with E-state index in [1.54, 1.807) is 12.5 Å². The van der Waals surface area contributed by atoms with Crippen LogP contribution in [-0.2, 0) is 18.9 Å². The summed E-state index contributed by atoms with van der Waals surface area (Å²) in [6.07, 6.45) is 3.71. The van der Waals surface area contributed by atoms with Gasteiger partial charge in [0.1, 0.15) is 37.9 Å². The Morgan fingerprint density at radius 3 is 1.75 bits per heavy atom. The lowest BCUT2D eigenvalue weighted by atomic mass is 10.5. The molecule has 2 atom stereocenters. The third-order valence-corrected chi connectivity index (χ3v) is 1.62. The van der Waals surface area contributed by atoms with Crippen LogP contribution in [0.15, 0.2) is 12.5 Å². The van der Waals surface area contributed by atoms with Crippen molar-refractivity contribution in [2.24, 2.45) is 0 Å². The second kappa shape index (κ2) is 3.78. The molecule has 0 N–H and O–H groups in total. The predicted molar refractivity (Wildman–Crippen MR) is 40.5 cm³/mol. The van der Waals surface area contributed by atoms with Crippen molar-refractivity contribution < 1.29 is 18.9 Å². The minimum atomic E-state index is 0.307. The van der Waals surface area contributed by atoms with Crippen molar-refractivity contribution in [2.45, 2.75) is 12.2 Å². The van der Waals surface area contributed by atoms with Crippen LogP contribution in [0.25, 0.3) is 0 Å². The van der Waals surface area contributed by atoms with Crippen LogP contribution in [0.5, 0.6) is 0 Å². The van der Waals surface area contributed by atoms with Gasteiger partial charge < -0.3 is 18.9 Å². The van der Waals surface area contributed by atoms with Gasteiger partial charge in [-0.15, -0.1) is 0 Å². The van der Waals surface area contributed by atoms with E-state index in [0.717, 1.165) is 13.2 Å². The molecule has 0 aromatic heterocycles. The molecule has 2 aliphatic rings. The molecule has 2 unspecified atom stereocenters. The highest BCUT2D eigenvalue weighted by atomic mass is 16.6. The third-order valence-electron chi connectivity index (χ3n) is 1.62. The monoisotopic (exact) mass is 172 g/mol. The molecule has 0 saturated carbocycles. The van der Waals surface area contributed by atoms with Crippen LogP contribution >= 0.6 is 0 Å². The Balaban J connectivity index is 1.41. The Bertz CT molecular complexity index is 142. The van der Waals surface area contributed by atoms with Crippen LogP contribution < -0.4 is 0 Å². The molecular formula is C8H12O4. The number of rotatable bonds is 6. The average molecular weight is 172 g/mol. The first-order chi connectivity index (χ1) is 5.95. The fraction of sp³-hybridized carbons (Fsp3) is 0.750. The summed E-state index contributed by atoms with van der Waals surface area (Å²) in [7, 11) is 0. The Morgan fingerprint density at radius 2 is 1.42 bits per heavy atom. The lowest BCUT2D eigenvalue weighted by Gasteiger charge is -1.96. The molecule has 0 bridgehead atoms. The quantitative estimate of drug-likeness (QED) is 0.426. The second-order valence-corrected chi connectivity index (χ2v) is 2.85. The van der Waals surface area contributed by atoms with Crippen molar-refractivity contribution in [1.82, 2.24) is 0 Å². The van der Waals surface area contributed by atoms with E-state index in [-0.39, 0.29) is 0 Å². The van der Waals surface area contributed by atoms with Gasteiger partial charge in [-0.05, 0) is 0 Å². The number of epoxide rings is 2. The molecule has 2 heterocycles. The van der Waals surface area contributed by atoms with E-state index >= 15 is 0 Å². The van der Waals surface area contributed by atoms with Crippen molar-refractivity contribution in [3.05, 3.63) is 12.5 Å². The summed E-state index contributed by atoms with van der Waals surface area (Å²) >= 11 is 0. The van der Waals surface area contributed by atoms with Crippen LogP contribution in [0.4, 0.5) is 0 Å². The molecule has 4 heteroatoms. The normalized spacial score (nSPS) is 32.0. The zero-order valence-corrected chi connectivity index (χ0v) is 6.77. The van der Waals surface area contributed by atoms with Crippen LogP contribution in [0.1, 0.15) is 0 Å². The van der Waals surface area contributed by atoms with Crippen LogP contribution in [-0.4, -0.2) is 38.6 Å². The van der Waals surface area contributed by atoms with Gasteiger partial charge in [0.25, 0.3) is 0 Å². The molecule has 0 aromatic carbocycles. The molecule has 2 rings (SSSR count). The van der Waals surface area contributed by atoms with Crippen LogP contribution in [0, 0.1) is 0 Å². The molecule has 0 amide bonds. The van der Waals surface area contributed by atoms with Gasteiger partial charge in [-0.2, -0.15) is 0 Å². The van der Waals surface area contributed by atoms with E-state index in [0.29, 0.717) is 25.4 Å². The van der Waals surface area contributed by atoms with E-state index in [1.165, 1.54) is 0 Å². The summed E-state index contributed by atoms with van der Waals surface area (Å²) in [4.78, 5) is 0. The molecule has 0 radical (unpaired) electrons. The van der Waals surface area contributed by atoms with E-state index in [1.807, 2.05) is 0 Å². The molecule has 2 aliphatic heterocycles. The second-order valence-electron chi connectivity index (χ2n) is 2.85. The maximum Gasteiger partial charge on any atom is 0.117 e. The Morgan fingerprint density at radius 1 is 1.00 bits per heavy atom. The Kier molecular flexibility index (Phi) is 2.48. The summed E-state index contributed by atoms with van der Waals surface area (Å²) < 4.78 is 20.1. The van der Waals surface area contributed by atoms with Crippen molar-refractivity contribution in [1.29, 1.82) is 0 Å². The number of hydrogen-bond donors (Lipinski definition) is 0. The van der Waals surface area contributed by atoms with Gasteiger partial charge >= 0.3 is 0 Å². The van der Waals surface area contributed by atoms with Crippen LogP contribution in [0.2, 0.25) is 0 Å². The summed E-state index contributed by atoms with van der Waals surface area (Å²) in [5, 5.41) is 0. The van der Waals surface area contributed by atoms with Gasteiger partial charge in [-0.3, -0.25) is 0 Å². The van der Waals surface area contributed by atoms with Crippen molar-refractivity contribution in [2.75, 3.05) is 26.4 Å². The van der Waals surface area contributed by atoms with Gasteiger partial charge in [0, 0.05) is 0 Å². The smallest absolute Gasteiger partial charge is 0.117 e. The molecule has 4 nitrogen and oxygen atoms in total. The first-order valence-corrected chi connectivity index (χ1v) is 4.06. The molecule has 2 fully saturated rings. The standard InChI is InChI=1S/C8H12O4/c1(9-3-7-5-11-7)2-10-4-8-6-12-8/h1-2,7-8H,3-6H2. The van der Waals surface area contributed by atoms with Gasteiger partial charge in [-0.25, -0.2) is 0 Å². The summed E-state index contributed by atoms with van der Waals surface area (Å²) in [6.45, 7) is 2.90. The number of ether oxygens (including phenoxy) is 4. The SMILES string of the molecule is C(=COCC1CO1)OCC1CO1. The maximum absolute atomic E-state index is 5.09. The maximum atomic E-state index is 5.09. The van der Waals surface area contributed by atoms with Crippen molar-refractivity contribution in [3.63, 3.8) is 0 Å². The predicted octanol–water partition coefficient (Wildman–Crippen LogP) is 0.288. The first kappa shape index (κ1) is 7.89. The average Bonchev–Trinajstić information content (AvgIpc) is 2.89. The molecule has 68 valence electrons. The van der Waals surface area contributed by atoms with Gasteiger partial charge in [0.15, 0.2) is 0 Å². The first-order valence-electron chi connectivity index (χ1n) is 4.06. The highest BCUT2D eigenvalue weighted by Crippen LogP contribution is 2.09. The van der Waals surface area contributed by atoms with E-state index in [9.17, 15) is 0 Å². The summed E-state index contributed by atoms with van der Waals surface area (Å²) in [5.41, 5.74) is 0. The fourth-order valence-corrected chi connectivity index (χ4v) is 0.733. The highest BCUT2D eigenvalue weighted by molar-refractivity contribution is 4.72. The van der Waals surface area contributed by atoms with E-state index in [4.69, 9.17) is 18.9 Å². The molecule has 0 aromatic rings. The van der Waals surface area contributed by atoms with Crippen LogP contribution in [0.3, 0.4) is 0 Å². The molecule has 0 spiro atoms. The third kappa shape index (κ3) is 3.11. The number of hydrogen-bond acceptors (Lipinski definition) is 4. The zero-order chi connectivity index (χ0) is 8.23. The summed E-state index contributed by atoms with van der Waals surface area (Å²) in [6, 6.07) is 0. The van der Waals surface area contributed by atoms with E-state index in [2.05, 4.69) is 0 Å². The van der Waals surface area contributed by atoms with Gasteiger partial charge in [-0.1, -0.05) is 0 Å². The minimum absolute atomic E-state index is 0.307. The molecule has 2 saturated heterocycles. The lowest BCUT2D eigenvalue weighted by Crippen LogP contribution is -1.97. The van der Waals surface area contributed by atoms with Crippen molar-refractivity contribution >= 4 is 0 Å². The minimum Gasteiger partial charge on any atom is -0.495 e. The molecule has 12 heavy (non-hydrogen) atoms. The molecular weight excluding hydrogens is 160 g/mol. The largest absolute Gasteiger partial charge is 0.495 e. The topological polar surface area (TPSA) is 43.5 Å². The van der Waals surface area contributed by atoms with Gasteiger partial charge in [0.2, 0.25) is 0 Å².